The van der Waals surface area contributed by atoms with Crippen LogP contribution in [0, 0.1) is 5.92 Å². The summed E-state index contributed by atoms with van der Waals surface area (Å²) in [5, 5.41) is 6.58. The molecule has 2 unspecified atom stereocenters. The van der Waals surface area contributed by atoms with Crippen molar-refractivity contribution in [3.63, 3.8) is 0 Å². The molecule has 3 aliphatic heterocycles. The quantitative estimate of drug-likeness (QED) is 0.785. The van der Waals surface area contributed by atoms with Crippen LogP contribution in [-0.2, 0) is 9.59 Å². The van der Waals surface area contributed by atoms with Crippen LogP contribution in [0.5, 0.6) is 0 Å². The van der Waals surface area contributed by atoms with Crippen LogP contribution < -0.4 is 15.5 Å². The number of amides is 2. The van der Waals surface area contributed by atoms with Crippen LogP contribution in [0.3, 0.4) is 0 Å². The van der Waals surface area contributed by atoms with Crippen molar-refractivity contribution < 1.29 is 9.59 Å². The highest BCUT2D eigenvalue weighted by atomic mass is 16.2. The number of hydrogen-bond donors (Lipinski definition) is 2. The predicted octanol–water partition coefficient (Wildman–Crippen LogP) is 1.76. The van der Waals surface area contributed by atoms with E-state index < -0.39 is 0 Å². The van der Waals surface area contributed by atoms with Crippen LogP contribution in [-0.4, -0.2) is 61.5 Å². The molecule has 3 aliphatic rings. The number of carbonyl (C=O) groups excluding carboxylic acids is 2. The average molecular weight is 385 g/mol. The van der Waals surface area contributed by atoms with Crippen molar-refractivity contribution in [3.05, 3.63) is 30.3 Å². The third kappa shape index (κ3) is 4.85. The standard InChI is InChI=1S/C22H32N4O2/c27-21(16-17-14-18-6-7-19(15-17)24-18)23-9-8-22(28)26-12-10-25(11-13-26)20-4-2-1-3-5-20/h1-5,17-19,24H,6-16H2,(H,23,27). The molecule has 6 nitrogen and oxygen atoms in total. The zero-order chi connectivity index (χ0) is 19.3. The number of nitrogens with one attached hydrogen (secondary N) is 2. The fraction of sp³-hybridized carbons (Fsp3) is 0.636. The molecule has 152 valence electrons. The number of nitrogens with zero attached hydrogens (tertiary/aromatic N) is 2. The highest BCUT2D eigenvalue weighted by Gasteiger charge is 2.34. The fourth-order valence-corrected chi connectivity index (χ4v) is 5.00. The molecule has 3 saturated heterocycles. The predicted molar refractivity (Wildman–Crippen MR) is 110 cm³/mol. The zero-order valence-electron chi connectivity index (χ0n) is 16.6. The van der Waals surface area contributed by atoms with E-state index in [4.69, 9.17) is 0 Å². The van der Waals surface area contributed by atoms with Gasteiger partial charge in [0.2, 0.25) is 11.8 Å². The highest BCUT2D eigenvalue weighted by Crippen LogP contribution is 2.32. The lowest BCUT2D eigenvalue weighted by molar-refractivity contribution is -0.131. The molecular formula is C22H32N4O2. The van der Waals surface area contributed by atoms with E-state index in [0.717, 1.165) is 39.0 Å². The van der Waals surface area contributed by atoms with Crippen molar-refractivity contribution >= 4 is 17.5 Å². The minimum Gasteiger partial charge on any atom is -0.368 e. The molecule has 0 spiro atoms. The summed E-state index contributed by atoms with van der Waals surface area (Å²) in [7, 11) is 0. The van der Waals surface area contributed by atoms with E-state index in [1.165, 1.54) is 18.5 Å². The van der Waals surface area contributed by atoms with Crippen LogP contribution in [0.25, 0.3) is 0 Å². The Morgan fingerprint density at radius 3 is 2.36 bits per heavy atom. The monoisotopic (exact) mass is 384 g/mol. The largest absolute Gasteiger partial charge is 0.368 e. The topological polar surface area (TPSA) is 64.7 Å². The molecule has 2 atom stereocenters. The van der Waals surface area contributed by atoms with Gasteiger partial charge in [-0.3, -0.25) is 9.59 Å². The van der Waals surface area contributed by atoms with Crippen molar-refractivity contribution in [2.45, 2.75) is 50.6 Å². The first-order valence-corrected chi connectivity index (χ1v) is 10.8. The summed E-state index contributed by atoms with van der Waals surface area (Å²) >= 11 is 0. The van der Waals surface area contributed by atoms with E-state index in [9.17, 15) is 9.59 Å². The lowest BCUT2D eigenvalue weighted by Gasteiger charge is -2.36. The molecule has 4 rings (SSSR count). The summed E-state index contributed by atoms with van der Waals surface area (Å²) in [6, 6.07) is 11.6. The Kier molecular flexibility index (Phi) is 6.15. The van der Waals surface area contributed by atoms with Crippen molar-refractivity contribution in [1.82, 2.24) is 15.5 Å². The lowest BCUT2D eigenvalue weighted by atomic mass is 9.89. The van der Waals surface area contributed by atoms with Gasteiger partial charge in [-0.05, 0) is 43.7 Å². The van der Waals surface area contributed by atoms with E-state index in [1.54, 1.807) is 0 Å². The summed E-state index contributed by atoms with van der Waals surface area (Å²) < 4.78 is 0. The Labute approximate surface area is 167 Å². The number of benzene rings is 1. The summed E-state index contributed by atoms with van der Waals surface area (Å²) in [6.45, 7) is 3.67. The number of piperazine rings is 1. The third-order valence-electron chi connectivity index (χ3n) is 6.46. The summed E-state index contributed by atoms with van der Waals surface area (Å²) in [6.07, 6.45) is 5.76. The molecule has 0 radical (unpaired) electrons. The molecule has 0 aromatic heterocycles. The van der Waals surface area contributed by atoms with Crippen molar-refractivity contribution in [2.24, 2.45) is 5.92 Å². The number of fused-ring (bicyclic) bond motifs is 2. The van der Waals surface area contributed by atoms with E-state index in [2.05, 4.69) is 27.7 Å². The average Bonchev–Trinajstić information content (AvgIpc) is 3.07. The molecule has 0 aliphatic carbocycles. The minimum atomic E-state index is 0.105. The van der Waals surface area contributed by atoms with Gasteiger partial charge in [-0.2, -0.15) is 0 Å². The highest BCUT2D eigenvalue weighted by molar-refractivity contribution is 5.79. The van der Waals surface area contributed by atoms with Gasteiger partial charge < -0.3 is 20.4 Å². The van der Waals surface area contributed by atoms with Crippen molar-refractivity contribution in [2.75, 3.05) is 37.6 Å². The maximum absolute atomic E-state index is 12.5. The molecule has 2 N–H and O–H groups in total. The second-order valence-electron chi connectivity index (χ2n) is 8.48. The lowest BCUT2D eigenvalue weighted by Crippen LogP contribution is -2.49. The maximum Gasteiger partial charge on any atom is 0.224 e. The van der Waals surface area contributed by atoms with E-state index in [0.29, 0.717) is 37.4 Å². The Balaban J connectivity index is 1.13. The Morgan fingerprint density at radius 2 is 1.68 bits per heavy atom. The van der Waals surface area contributed by atoms with Crippen molar-refractivity contribution in [3.8, 4) is 0 Å². The van der Waals surface area contributed by atoms with Gasteiger partial charge in [0, 0.05) is 63.3 Å². The van der Waals surface area contributed by atoms with Crippen LogP contribution in [0.15, 0.2) is 30.3 Å². The zero-order valence-corrected chi connectivity index (χ0v) is 16.6. The normalized spacial score (nSPS) is 26.9. The van der Waals surface area contributed by atoms with Crippen LogP contribution in [0.2, 0.25) is 0 Å². The summed E-state index contributed by atoms with van der Waals surface area (Å²) in [4.78, 5) is 28.9. The molecule has 6 heteroatoms. The number of rotatable bonds is 6. The molecule has 1 aromatic carbocycles. The fourth-order valence-electron chi connectivity index (χ4n) is 5.00. The first-order chi connectivity index (χ1) is 13.7. The van der Waals surface area contributed by atoms with Gasteiger partial charge in [0.25, 0.3) is 0 Å². The maximum atomic E-state index is 12.5. The molecule has 2 amide bonds. The van der Waals surface area contributed by atoms with Crippen LogP contribution in [0.1, 0.15) is 38.5 Å². The SMILES string of the molecule is O=C(CC1CC2CCC(C1)N2)NCCC(=O)N1CCN(c2ccccc2)CC1. The first kappa shape index (κ1) is 19.2. The third-order valence-corrected chi connectivity index (χ3v) is 6.46. The molecular weight excluding hydrogens is 352 g/mol. The van der Waals surface area contributed by atoms with Gasteiger partial charge in [0.1, 0.15) is 0 Å². The molecule has 0 saturated carbocycles. The van der Waals surface area contributed by atoms with Gasteiger partial charge >= 0.3 is 0 Å². The number of para-hydroxylation sites is 1. The molecule has 28 heavy (non-hydrogen) atoms. The molecule has 3 fully saturated rings. The van der Waals surface area contributed by atoms with Gasteiger partial charge in [0.15, 0.2) is 0 Å². The van der Waals surface area contributed by atoms with Gasteiger partial charge in [-0.25, -0.2) is 0 Å². The Morgan fingerprint density at radius 1 is 1.00 bits per heavy atom. The summed E-state index contributed by atoms with van der Waals surface area (Å²) in [5.74, 6) is 0.751. The Hall–Kier alpha value is -2.08. The summed E-state index contributed by atoms with van der Waals surface area (Å²) in [5.41, 5.74) is 1.22. The van der Waals surface area contributed by atoms with Crippen LogP contribution in [0.4, 0.5) is 5.69 Å². The second kappa shape index (κ2) is 8.95. The molecule has 1 aromatic rings. The Bertz CT molecular complexity index is 660. The molecule has 3 heterocycles. The van der Waals surface area contributed by atoms with E-state index in [-0.39, 0.29) is 11.8 Å². The number of anilines is 1. The van der Waals surface area contributed by atoms with Gasteiger partial charge in [-0.1, -0.05) is 18.2 Å². The number of hydrogen-bond acceptors (Lipinski definition) is 4. The number of carbonyl (C=O) groups is 2. The smallest absolute Gasteiger partial charge is 0.224 e. The number of piperidine rings is 1. The molecule has 2 bridgehead atoms. The van der Waals surface area contributed by atoms with E-state index in [1.807, 2.05) is 23.1 Å². The van der Waals surface area contributed by atoms with Gasteiger partial charge in [0.05, 0.1) is 0 Å². The minimum absolute atomic E-state index is 0.105. The second-order valence-corrected chi connectivity index (χ2v) is 8.48. The first-order valence-electron chi connectivity index (χ1n) is 10.8. The van der Waals surface area contributed by atoms with Crippen molar-refractivity contribution in [1.29, 1.82) is 0 Å². The van der Waals surface area contributed by atoms with E-state index >= 15 is 0 Å². The van der Waals surface area contributed by atoms with Gasteiger partial charge in [-0.15, -0.1) is 0 Å². The van der Waals surface area contributed by atoms with Crippen LogP contribution >= 0.6 is 0 Å².